The minimum absolute atomic E-state index is 0.434. The molecule has 0 heterocycles. The minimum Gasteiger partial charge on any atom is -0.453 e. The van der Waals surface area contributed by atoms with Crippen molar-refractivity contribution in [2.45, 2.75) is 26.2 Å². The second-order valence-corrected chi connectivity index (χ2v) is 3.55. The van der Waals surface area contributed by atoms with Gasteiger partial charge in [-0.05, 0) is 30.0 Å². The SMILES string of the molecule is CCC(C)c1cccc(NC(=O)OC)c1. The number of anilines is 1. The lowest BCUT2D eigenvalue weighted by Crippen LogP contribution is -2.11. The summed E-state index contributed by atoms with van der Waals surface area (Å²) < 4.78 is 4.53. The molecule has 1 unspecified atom stereocenters. The highest BCUT2D eigenvalue weighted by Gasteiger charge is 2.05. The van der Waals surface area contributed by atoms with Gasteiger partial charge in [-0.25, -0.2) is 4.79 Å². The van der Waals surface area contributed by atoms with Crippen LogP contribution in [0, 0.1) is 0 Å². The molecule has 0 fully saturated rings. The van der Waals surface area contributed by atoms with Crippen LogP contribution in [-0.4, -0.2) is 13.2 Å². The van der Waals surface area contributed by atoms with Gasteiger partial charge in [-0.15, -0.1) is 0 Å². The Morgan fingerprint density at radius 2 is 2.27 bits per heavy atom. The summed E-state index contributed by atoms with van der Waals surface area (Å²) in [5.41, 5.74) is 2.01. The molecule has 0 aliphatic rings. The van der Waals surface area contributed by atoms with Crippen LogP contribution in [0.2, 0.25) is 0 Å². The van der Waals surface area contributed by atoms with Gasteiger partial charge in [0.15, 0.2) is 0 Å². The molecule has 82 valence electrons. The number of nitrogens with one attached hydrogen (secondary N) is 1. The van der Waals surface area contributed by atoms with Crippen LogP contribution in [0.1, 0.15) is 31.7 Å². The van der Waals surface area contributed by atoms with E-state index in [4.69, 9.17) is 0 Å². The smallest absolute Gasteiger partial charge is 0.411 e. The molecular weight excluding hydrogens is 190 g/mol. The third kappa shape index (κ3) is 3.27. The average Bonchev–Trinajstić information content (AvgIpc) is 2.28. The van der Waals surface area contributed by atoms with Gasteiger partial charge in [0.05, 0.1) is 7.11 Å². The normalized spacial score (nSPS) is 11.9. The highest BCUT2D eigenvalue weighted by molar-refractivity contribution is 5.84. The summed E-state index contributed by atoms with van der Waals surface area (Å²) in [5.74, 6) is 0.504. The van der Waals surface area contributed by atoms with Gasteiger partial charge in [0.25, 0.3) is 0 Å². The van der Waals surface area contributed by atoms with Crippen LogP contribution in [0.15, 0.2) is 24.3 Å². The Hall–Kier alpha value is -1.51. The first kappa shape index (κ1) is 11.6. The molecule has 3 heteroatoms. The third-order valence-corrected chi connectivity index (χ3v) is 2.50. The van der Waals surface area contributed by atoms with E-state index >= 15 is 0 Å². The predicted octanol–water partition coefficient (Wildman–Crippen LogP) is 3.38. The number of carbonyl (C=O) groups is 1. The topological polar surface area (TPSA) is 38.3 Å². The summed E-state index contributed by atoms with van der Waals surface area (Å²) in [6, 6.07) is 7.83. The largest absolute Gasteiger partial charge is 0.453 e. The van der Waals surface area contributed by atoms with Crippen molar-refractivity contribution in [2.75, 3.05) is 12.4 Å². The van der Waals surface area contributed by atoms with Crippen molar-refractivity contribution in [3.05, 3.63) is 29.8 Å². The lowest BCUT2D eigenvalue weighted by Gasteiger charge is -2.10. The summed E-state index contributed by atoms with van der Waals surface area (Å²) in [6.45, 7) is 4.31. The Labute approximate surface area is 90.4 Å². The molecule has 0 aliphatic heterocycles. The Kier molecular flexibility index (Phi) is 4.16. The Bertz CT molecular complexity index is 336. The monoisotopic (exact) mass is 207 g/mol. The fourth-order valence-corrected chi connectivity index (χ4v) is 1.33. The van der Waals surface area contributed by atoms with E-state index in [1.165, 1.54) is 12.7 Å². The first-order valence-corrected chi connectivity index (χ1v) is 5.12. The Morgan fingerprint density at radius 1 is 1.53 bits per heavy atom. The maximum Gasteiger partial charge on any atom is 0.411 e. The average molecular weight is 207 g/mol. The molecule has 1 amide bonds. The molecule has 0 aromatic heterocycles. The molecule has 0 bridgehead atoms. The number of rotatable bonds is 3. The molecule has 0 spiro atoms. The van der Waals surface area contributed by atoms with E-state index in [9.17, 15) is 4.79 Å². The van der Waals surface area contributed by atoms with Crippen LogP contribution >= 0.6 is 0 Å². The first-order valence-electron chi connectivity index (χ1n) is 5.12. The van der Waals surface area contributed by atoms with Crippen molar-refractivity contribution in [1.29, 1.82) is 0 Å². The number of ether oxygens (including phenoxy) is 1. The van der Waals surface area contributed by atoms with Crippen LogP contribution in [0.5, 0.6) is 0 Å². The van der Waals surface area contributed by atoms with Gasteiger partial charge in [0, 0.05) is 5.69 Å². The zero-order valence-electron chi connectivity index (χ0n) is 9.41. The van der Waals surface area contributed by atoms with Crippen molar-refractivity contribution in [1.82, 2.24) is 0 Å². The van der Waals surface area contributed by atoms with Gasteiger partial charge < -0.3 is 4.74 Å². The number of benzene rings is 1. The molecule has 1 rings (SSSR count). The zero-order chi connectivity index (χ0) is 11.3. The molecule has 0 saturated heterocycles. The van der Waals surface area contributed by atoms with E-state index in [0.717, 1.165) is 12.1 Å². The predicted molar refractivity (Wildman–Crippen MR) is 61.2 cm³/mol. The van der Waals surface area contributed by atoms with Gasteiger partial charge in [-0.1, -0.05) is 26.0 Å². The van der Waals surface area contributed by atoms with Crippen LogP contribution in [0.3, 0.4) is 0 Å². The maximum absolute atomic E-state index is 11.0. The molecular formula is C12H17NO2. The first-order chi connectivity index (χ1) is 7.17. The van der Waals surface area contributed by atoms with E-state index in [-0.39, 0.29) is 0 Å². The lowest BCUT2D eigenvalue weighted by atomic mass is 9.98. The molecule has 3 nitrogen and oxygen atoms in total. The summed E-state index contributed by atoms with van der Waals surface area (Å²) in [6.07, 6.45) is 0.651. The van der Waals surface area contributed by atoms with Crippen molar-refractivity contribution in [2.24, 2.45) is 0 Å². The zero-order valence-corrected chi connectivity index (χ0v) is 9.41. The fraction of sp³-hybridized carbons (Fsp3) is 0.417. The van der Waals surface area contributed by atoms with E-state index in [1.807, 2.05) is 18.2 Å². The van der Waals surface area contributed by atoms with Gasteiger partial charge in [0.2, 0.25) is 0 Å². The molecule has 1 atom stereocenters. The minimum atomic E-state index is -0.434. The third-order valence-electron chi connectivity index (χ3n) is 2.50. The molecule has 1 N–H and O–H groups in total. The maximum atomic E-state index is 11.0. The number of hydrogen-bond donors (Lipinski definition) is 1. The van der Waals surface area contributed by atoms with Crippen LogP contribution in [-0.2, 0) is 4.74 Å². The second-order valence-electron chi connectivity index (χ2n) is 3.55. The van der Waals surface area contributed by atoms with Gasteiger partial charge >= 0.3 is 6.09 Å². The summed E-state index contributed by atoms with van der Waals surface area (Å²) in [5, 5.41) is 2.65. The van der Waals surface area contributed by atoms with Gasteiger partial charge in [-0.2, -0.15) is 0 Å². The molecule has 0 aliphatic carbocycles. The Morgan fingerprint density at radius 3 is 2.87 bits per heavy atom. The lowest BCUT2D eigenvalue weighted by molar-refractivity contribution is 0.187. The van der Waals surface area contributed by atoms with E-state index in [1.54, 1.807) is 0 Å². The number of methoxy groups -OCH3 is 1. The van der Waals surface area contributed by atoms with Crippen molar-refractivity contribution in [3.8, 4) is 0 Å². The molecule has 0 saturated carbocycles. The molecule has 1 aromatic rings. The van der Waals surface area contributed by atoms with Gasteiger partial charge in [-0.3, -0.25) is 5.32 Å². The molecule has 0 radical (unpaired) electrons. The van der Waals surface area contributed by atoms with Crippen LogP contribution in [0.4, 0.5) is 10.5 Å². The van der Waals surface area contributed by atoms with E-state index < -0.39 is 6.09 Å². The van der Waals surface area contributed by atoms with E-state index in [2.05, 4.69) is 30.0 Å². The van der Waals surface area contributed by atoms with Crippen molar-refractivity contribution in [3.63, 3.8) is 0 Å². The number of carbonyl (C=O) groups excluding carboxylic acids is 1. The summed E-state index contributed by atoms with van der Waals surface area (Å²) >= 11 is 0. The molecule has 1 aromatic carbocycles. The highest BCUT2D eigenvalue weighted by atomic mass is 16.5. The quantitative estimate of drug-likeness (QED) is 0.825. The van der Waals surface area contributed by atoms with Crippen molar-refractivity contribution >= 4 is 11.8 Å². The standard InChI is InChI=1S/C12H17NO2/c1-4-9(2)10-6-5-7-11(8-10)13-12(14)15-3/h5-9H,4H2,1-3H3,(H,13,14). The summed E-state index contributed by atoms with van der Waals surface area (Å²) in [4.78, 5) is 11.0. The Balaban J connectivity index is 2.78. The fourth-order valence-electron chi connectivity index (χ4n) is 1.33. The summed E-state index contributed by atoms with van der Waals surface area (Å²) in [7, 11) is 1.36. The highest BCUT2D eigenvalue weighted by Crippen LogP contribution is 2.21. The second kappa shape index (κ2) is 5.39. The van der Waals surface area contributed by atoms with Gasteiger partial charge in [0.1, 0.15) is 0 Å². The molecule has 15 heavy (non-hydrogen) atoms. The number of hydrogen-bond acceptors (Lipinski definition) is 2. The number of amides is 1. The van der Waals surface area contributed by atoms with E-state index in [0.29, 0.717) is 5.92 Å². The van der Waals surface area contributed by atoms with Crippen LogP contribution < -0.4 is 5.32 Å². The van der Waals surface area contributed by atoms with Crippen molar-refractivity contribution < 1.29 is 9.53 Å². The van der Waals surface area contributed by atoms with Crippen LogP contribution in [0.25, 0.3) is 0 Å².